The number of rotatable bonds is 3. The third-order valence-corrected chi connectivity index (χ3v) is 3.15. The summed E-state index contributed by atoms with van der Waals surface area (Å²) in [6, 6.07) is 0. The molecule has 0 spiro atoms. The zero-order valence-electron chi connectivity index (χ0n) is 9.10. The maximum atomic E-state index is 11.7. The van der Waals surface area contributed by atoms with Gasteiger partial charge in [-0.2, -0.15) is 0 Å². The van der Waals surface area contributed by atoms with Gasteiger partial charge in [-0.05, 0) is 39.8 Å². The number of likely N-dealkylation sites (tertiary alicyclic amines) is 1. The quantitative estimate of drug-likeness (QED) is 0.668. The lowest BCUT2D eigenvalue weighted by Gasteiger charge is -2.39. The molecule has 2 nitrogen and oxygen atoms in total. The van der Waals surface area contributed by atoms with Crippen LogP contribution in [0.5, 0.6) is 0 Å². The van der Waals surface area contributed by atoms with Crippen molar-refractivity contribution in [1.29, 1.82) is 0 Å². The van der Waals surface area contributed by atoms with Crippen LogP contribution in [0.15, 0.2) is 0 Å². The first kappa shape index (κ1) is 10.7. The summed E-state index contributed by atoms with van der Waals surface area (Å²) in [5.74, 6) is 0.370. The fourth-order valence-corrected chi connectivity index (χ4v) is 2.06. The third-order valence-electron chi connectivity index (χ3n) is 3.15. The lowest BCUT2D eigenvalue weighted by Crippen LogP contribution is -2.51. The summed E-state index contributed by atoms with van der Waals surface area (Å²) >= 11 is 0. The van der Waals surface area contributed by atoms with Crippen molar-refractivity contribution in [2.24, 2.45) is 0 Å². The van der Waals surface area contributed by atoms with Crippen LogP contribution in [0.4, 0.5) is 0 Å². The molecular weight excluding hydrogens is 162 g/mol. The minimum absolute atomic E-state index is 0.227. The van der Waals surface area contributed by atoms with Crippen LogP contribution in [0.1, 0.15) is 46.5 Å². The molecule has 0 bridgehead atoms. The van der Waals surface area contributed by atoms with E-state index in [1.54, 1.807) is 0 Å². The van der Waals surface area contributed by atoms with Gasteiger partial charge in [-0.15, -0.1) is 0 Å². The van der Waals surface area contributed by atoms with Crippen molar-refractivity contribution < 1.29 is 4.79 Å². The molecule has 0 aliphatic carbocycles. The Bertz CT molecular complexity index is 181. The van der Waals surface area contributed by atoms with Gasteiger partial charge in [0.25, 0.3) is 0 Å². The van der Waals surface area contributed by atoms with E-state index in [1.807, 2.05) is 6.92 Å². The number of Topliss-reactive ketones (excluding diaryl/α,β-unsaturated/α-hetero) is 1. The van der Waals surface area contributed by atoms with E-state index in [0.29, 0.717) is 12.2 Å². The Morgan fingerprint density at radius 1 is 1.23 bits per heavy atom. The molecule has 0 N–H and O–H groups in total. The Morgan fingerprint density at radius 3 is 2.23 bits per heavy atom. The maximum Gasteiger partial charge on any atom is 0.152 e. The molecule has 1 saturated heterocycles. The predicted octanol–water partition coefficient (Wildman–Crippen LogP) is 2.23. The van der Waals surface area contributed by atoms with E-state index in [9.17, 15) is 4.79 Å². The van der Waals surface area contributed by atoms with E-state index in [4.69, 9.17) is 0 Å². The number of nitrogens with zero attached hydrogens (tertiary/aromatic N) is 1. The van der Waals surface area contributed by atoms with Gasteiger partial charge in [0, 0.05) is 6.42 Å². The van der Waals surface area contributed by atoms with Crippen LogP contribution in [-0.2, 0) is 4.79 Å². The van der Waals surface area contributed by atoms with Crippen LogP contribution in [0, 0.1) is 0 Å². The Labute approximate surface area is 81.3 Å². The normalized spacial score (nSPS) is 20.2. The number of carbonyl (C=O) groups excluding carboxylic acids is 1. The molecule has 1 rings (SSSR count). The molecule has 0 unspecified atom stereocenters. The van der Waals surface area contributed by atoms with E-state index in [1.165, 1.54) is 19.3 Å². The first-order valence-electron chi connectivity index (χ1n) is 5.37. The average Bonchev–Trinajstić information content (AvgIpc) is 2.18. The van der Waals surface area contributed by atoms with Crippen molar-refractivity contribution in [1.82, 2.24) is 4.90 Å². The minimum atomic E-state index is -0.227. The average molecular weight is 183 g/mol. The van der Waals surface area contributed by atoms with Crippen LogP contribution in [0.25, 0.3) is 0 Å². The number of carbonyl (C=O) groups is 1. The lowest BCUT2D eigenvalue weighted by atomic mass is 9.92. The second-order valence-electron chi connectivity index (χ2n) is 4.38. The molecular formula is C11H21NO. The van der Waals surface area contributed by atoms with Crippen molar-refractivity contribution in [2.75, 3.05) is 13.1 Å². The van der Waals surface area contributed by atoms with Crippen LogP contribution in [0.3, 0.4) is 0 Å². The first-order valence-corrected chi connectivity index (χ1v) is 5.37. The van der Waals surface area contributed by atoms with E-state index in [0.717, 1.165) is 13.1 Å². The molecule has 0 aromatic carbocycles. The van der Waals surface area contributed by atoms with Gasteiger partial charge in [0.05, 0.1) is 5.54 Å². The molecule has 76 valence electrons. The van der Waals surface area contributed by atoms with Crippen LogP contribution in [-0.4, -0.2) is 29.3 Å². The molecule has 0 radical (unpaired) electrons. The van der Waals surface area contributed by atoms with E-state index in [2.05, 4.69) is 18.7 Å². The van der Waals surface area contributed by atoms with Crippen LogP contribution in [0.2, 0.25) is 0 Å². The van der Waals surface area contributed by atoms with Crippen molar-refractivity contribution in [3.05, 3.63) is 0 Å². The van der Waals surface area contributed by atoms with Gasteiger partial charge in [0.15, 0.2) is 5.78 Å². The minimum Gasteiger partial charge on any atom is -0.298 e. The Kier molecular flexibility index (Phi) is 3.48. The summed E-state index contributed by atoms with van der Waals surface area (Å²) in [4.78, 5) is 14.0. The van der Waals surface area contributed by atoms with Gasteiger partial charge in [-0.25, -0.2) is 0 Å². The molecule has 0 aromatic rings. The van der Waals surface area contributed by atoms with Gasteiger partial charge >= 0.3 is 0 Å². The second-order valence-corrected chi connectivity index (χ2v) is 4.38. The molecule has 1 aliphatic rings. The molecule has 0 amide bonds. The fourth-order valence-electron chi connectivity index (χ4n) is 2.06. The van der Waals surface area contributed by atoms with Gasteiger partial charge < -0.3 is 0 Å². The molecule has 13 heavy (non-hydrogen) atoms. The summed E-state index contributed by atoms with van der Waals surface area (Å²) in [7, 11) is 0. The summed E-state index contributed by atoms with van der Waals surface area (Å²) in [5, 5.41) is 0. The molecule has 1 aliphatic heterocycles. The predicted molar refractivity (Wildman–Crippen MR) is 54.8 cm³/mol. The molecule has 0 aromatic heterocycles. The number of piperidine rings is 1. The monoisotopic (exact) mass is 183 g/mol. The largest absolute Gasteiger partial charge is 0.298 e. The van der Waals surface area contributed by atoms with E-state index >= 15 is 0 Å². The fraction of sp³-hybridized carbons (Fsp3) is 0.909. The van der Waals surface area contributed by atoms with Gasteiger partial charge in [-0.1, -0.05) is 13.3 Å². The zero-order valence-corrected chi connectivity index (χ0v) is 9.10. The smallest absolute Gasteiger partial charge is 0.152 e. The summed E-state index contributed by atoms with van der Waals surface area (Å²) < 4.78 is 0. The van der Waals surface area contributed by atoms with Gasteiger partial charge in [0.2, 0.25) is 0 Å². The Morgan fingerprint density at radius 2 is 1.77 bits per heavy atom. The zero-order chi connectivity index (χ0) is 9.90. The van der Waals surface area contributed by atoms with Crippen molar-refractivity contribution in [3.8, 4) is 0 Å². The van der Waals surface area contributed by atoms with Gasteiger partial charge in [0.1, 0.15) is 0 Å². The Hall–Kier alpha value is -0.370. The lowest BCUT2D eigenvalue weighted by molar-refractivity contribution is -0.129. The highest BCUT2D eigenvalue weighted by atomic mass is 16.1. The highest BCUT2D eigenvalue weighted by molar-refractivity contribution is 5.87. The molecule has 1 heterocycles. The standard InChI is InChI=1S/C11H21NO/c1-4-10(13)11(2,3)12-8-6-5-7-9-12/h4-9H2,1-3H3. The van der Waals surface area contributed by atoms with E-state index < -0.39 is 0 Å². The van der Waals surface area contributed by atoms with Crippen molar-refractivity contribution in [2.45, 2.75) is 52.0 Å². The third kappa shape index (κ3) is 2.31. The molecule has 0 atom stereocenters. The van der Waals surface area contributed by atoms with Crippen LogP contribution >= 0.6 is 0 Å². The SMILES string of the molecule is CCC(=O)C(C)(C)N1CCCCC1. The Balaban J connectivity index is 2.60. The summed E-state index contributed by atoms with van der Waals surface area (Å²) in [6.07, 6.45) is 4.48. The summed E-state index contributed by atoms with van der Waals surface area (Å²) in [5.41, 5.74) is -0.227. The first-order chi connectivity index (χ1) is 6.09. The van der Waals surface area contributed by atoms with Gasteiger partial charge in [-0.3, -0.25) is 9.69 Å². The molecule has 0 saturated carbocycles. The highest BCUT2D eigenvalue weighted by Gasteiger charge is 2.33. The second kappa shape index (κ2) is 4.23. The van der Waals surface area contributed by atoms with Crippen molar-refractivity contribution >= 4 is 5.78 Å². The number of hydrogen-bond donors (Lipinski definition) is 0. The maximum absolute atomic E-state index is 11.7. The topological polar surface area (TPSA) is 20.3 Å². The van der Waals surface area contributed by atoms with E-state index in [-0.39, 0.29) is 5.54 Å². The number of hydrogen-bond acceptors (Lipinski definition) is 2. The summed E-state index contributed by atoms with van der Waals surface area (Å²) in [6.45, 7) is 8.26. The molecule has 2 heteroatoms. The van der Waals surface area contributed by atoms with Crippen LogP contribution < -0.4 is 0 Å². The highest BCUT2D eigenvalue weighted by Crippen LogP contribution is 2.22. The molecule has 1 fully saturated rings. The number of ketones is 1. The van der Waals surface area contributed by atoms with Crippen molar-refractivity contribution in [3.63, 3.8) is 0 Å².